The Morgan fingerprint density at radius 2 is 0.975 bits per heavy atom. The molecule has 2 aromatic carbocycles. The summed E-state index contributed by atoms with van der Waals surface area (Å²) in [7, 11) is 0. The zero-order chi connectivity index (χ0) is 28.8. The predicted octanol–water partition coefficient (Wildman–Crippen LogP) is 11.2. The van der Waals surface area contributed by atoms with Gasteiger partial charge in [0.25, 0.3) is 0 Å². The van der Waals surface area contributed by atoms with Crippen LogP contribution < -0.4 is 0 Å². The van der Waals surface area contributed by atoms with Crippen LogP contribution in [0.1, 0.15) is 68.2 Å². The standard InChI is InChI=1S/C36H50B2S2/c1-33(2)23-37(24-34(33,3)4)31-20-19-27(21-39-28-15-11-9-12-16-28)32(38-25-35(5,6)36(7,8)26-38)30(31)22-40-29-17-13-10-14-18-29/h9-18H,19-26H2,1-8H3. The van der Waals surface area contributed by atoms with Crippen LogP contribution in [-0.4, -0.2) is 24.9 Å². The Hall–Kier alpha value is -1.25. The fourth-order valence-corrected chi connectivity index (χ4v) is 9.78. The van der Waals surface area contributed by atoms with Crippen molar-refractivity contribution < 1.29 is 0 Å². The van der Waals surface area contributed by atoms with Crippen molar-refractivity contribution in [1.82, 2.24) is 0 Å². The Balaban J connectivity index is 1.58. The predicted molar refractivity (Wildman–Crippen MR) is 183 cm³/mol. The number of benzene rings is 2. The van der Waals surface area contributed by atoms with E-state index in [1.54, 1.807) is 16.6 Å². The normalized spacial score (nSPS) is 23.3. The minimum atomic E-state index is 0.356. The van der Waals surface area contributed by atoms with E-state index >= 15 is 0 Å². The van der Waals surface area contributed by atoms with Gasteiger partial charge in [-0.3, -0.25) is 0 Å². The van der Waals surface area contributed by atoms with E-state index < -0.39 is 0 Å². The van der Waals surface area contributed by atoms with Gasteiger partial charge in [-0.25, -0.2) is 0 Å². The van der Waals surface area contributed by atoms with Crippen molar-refractivity contribution >= 4 is 36.9 Å². The van der Waals surface area contributed by atoms with E-state index in [-0.39, 0.29) is 0 Å². The van der Waals surface area contributed by atoms with Crippen LogP contribution in [0, 0.1) is 21.7 Å². The molecule has 0 bridgehead atoms. The third kappa shape index (κ3) is 6.10. The van der Waals surface area contributed by atoms with Gasteiger partial charge in [-0.2, -0.15) is 0 Å². The second kappa shape index (κ2) is 11.4. The summed E-state index contributed by atoms with van der Waals surface area (Å²) in [5.41, 5.74) is 8.59. The third-order valence-corrected chi connectivity index (χ3v) is 13.8. The molecule has 4 heteroatoms. The highest BCUT2D eigenvalue weighted by Gasteiger charge is 2.52. The number of hydrogen-bond donors (Lipinski definition) is 0. The van der Waals surface area contributed by atoms with E-state index in [2.05, 4.69) is 140 Å². The summed E-state index contributed by atoms with van der Waals surface area (Å²) in [6.45, 7) is 21.6. The molecule has 0 amide bonds. The number of hydrogen-bond acceptors (Lipinski definition) is 2. The van der Waals surface area contributed by atoms with Crippen LogP contribution in [0.3, 0.4) is 0 Å². The lowest BCUT2D eigenvalue weighted by molar-refractivity contribution is 0.177. The Bertz CT molecular complexity index is 1220. The van der Waals surface area contributed by atoms with Crippen molar-refractivity contribution in [3.8, 4) is 0 Å². The Labute approximate surface area is 255 Å². The summed E-state index contributed by atoms with van der Waals surface area (Å²) in [6, 6.07) is 22.2. The van der Waals surface area contributed by atoms with Crippen LogP contribution in [0.15, 0.2) is 92.5 Å². The maximum absolute atomic E-state index is 2.53. The second-order valence-electron chi connectivity index (χ2n) is 15.5. The summed E-state index contributed by atoms with van der Waals surface area (Å²) < 4.78 is 0. The maximum atomic E-state index is 2.53. The molecular formula is C36H50B2S2. The molecule has 212 valence electrons. The molecule has 0 radical (unpaired) electrons. The van der Waals surface area contributed by atoms with Crippen molar-refractivity contribution in [2.24, 2.45) is 21.7 Å². The maximum Gasteiger partial charge on any atom is 0.177 e. The van der Waals surface area contributed by atoms with Crippen LogP contribution in [-0.2, 0) is 0 Å². The lowest BCUT2D eigenvalue weighted by atomic mass is 9.34. The molecule has 0 nitrogen and oxygen atoms in total. The molecular weight excluding hydrogens is 518 g/mol. The molecule has 40 heavy (non-hydrogen) atoms. The number of allylic oxidation sites excluding steroid dienone is 2. The highest BCUT2D eigenvalue weighted by Crippen LogP contribution is 2.58. The van der Waals surface area contributed by atoms with Gasteiger partial charge in [-0.1, -0.05) is 139 Å². The zero-order valence-corrected chi connectivity index (χ0v) is 28.0. The molecule has 5 rings (SSSR count). The van der Waals surface area contributed by atoms with Crippen molar-refractivity contribution in [3.05, 3.63) is 82.8 Å². The van der Waals surface area contributed by atoms with E-state index in [9.17, 15) is 0 Å². The van der Waals surface area contributed by atoms with E-state index in [0.717, 1.165) is 18.2 Å². The zero-order valence-electron chi connectivity index (χ0n) is 26.4. The van der Waals surface area contributed by atoms with Gasteiger partial charge >= 0.3 is 0 Å². The first-order valence-electron chi connectivity index (χ1n) is 15.6. The Morgan fingerprint density at radius 3 is 1.45 bits per heavy atom. The summed E-state index contributed by atoms with van der Waals surface area (Å²) in [5.74, 6) is 2.24. The van der Waals surface area contributed by atoms with E-state index in [1.807, 2.05) is 5.47 Å². The van der Waals surface area contributed by atoms with Crippen LogP contribution in [0.2, 0.25) is 25.3 Å². The molecule has 0 atom stereocenters. The third-order valence-electron chi connectivity index (χ3n) is 11.7. The topological polar surface area (TPSA) is 0 Å². The summed E-state index contributed by atoms with van der Waals surface area (Å²) in [5, 5.41) is 0. The molecule has 0 unspecified atom stereocenters. The molecule has 2 saturated heterocycles. The minimum absolute atomic E-state index is 0.356. The van der Waals surface area contributed by atoms with Gasteiger partial charge in [0.1, 0.15) is 0 Å². The molecule has 0 saturated carbocycles. The summed E-state index contributed by atoms with van der Waals surface area (Å²) in [4.78, 5) is 2.80. The molecule has 2 fully saturated rings. The van der Waals surface area contributed by atoms with Gasteiger partial charge in [-0.15, -0.1) is 23.5 Å². The fraction of sp³-hybridized carbons (Fsp3) is 0.556. The van der Waals surface area contributed by atoms with Crippen molar-refractivity contribution in [3.63, 3.8) is 0 Å². The van der Waals surface area contributed by atoms with Gasteiger partial charge in [-0.05, 0) is 58.8 Å². The molecule has 0 spiro atoms. The molecule has 3 aliphatic rings. The molecule has 2 aromatic rings. The van der Waals surface area contributed by atoms with Gasteiger partial charge in [0, 0.05) is 21.3 Å². The quantitative estimate of drug-likeness (QED) is 0.230. The van der Waals surface area contributed by atoms with Gasteiger partial charge in [0.2, 0.25) is 0 Å². The lowest BCUT2D eigenvalue weighted by Gasteiger charge is -2.35. The Morgan fingerprint density at radius 1 is 0.550 bits per heavy atom. The highest BCUT2D eigenvalue weighted by molar-refractivity contribution is 7.99. The van der Waals surface area contributed by atoms with Gasteiger partial charge in [0.15, 0.2) is 13.4 Å². The minimum Gasteiger partial charge on any atom is -0.122 e. The van der Waals surface area contributed by atoms with E-state index in [4.69, 9.17) is 0 Å². The first-order valence-corrected chi connectivity index (χ1v) is 17.6. The summed E-state index contributed by atoms with van der Waals surface area (Å²) in [6.07, 6.45) is 7.79. The van der Waals surface area contributed by atoms with Crippen molar-refractivity contribution in [1.29, 1.82) is 0 Å². The lowest BCUT2D eigenvalue weighted by Crippen LogP contribution is -2.28. The van der Waals surface area contributed by atoms with Crippen LogP contribution in [0.25, 0.3) is 0 Å². The molecule has 0 aromatic heterocycles. The smallest absolute Gasteiger partial charge is 0.122 e. The highest BCUT2D eigenvalue weighted by atomic mass is 32.2. The van der Waals surface area contributed by atoms with Gasteiger partial charge < -0.3 is 0 Å². The Kier molecular flexibility index (Phi) is 8.64. The number of thioether (sulfide) groups is 2. The monoisotopic (exact) mass is 568 g/mol. The average molecular weight is 569 g/mol. The first-order chi connectivity index (χ1) is 18.8. The largest absolute Gasteiger partial charge is 0.177 e. The van der Waals surface area contributed by atoms with E-state index in [1.165, 1.54) is 47.9 Å². The molecule has 1 aliphatic carbocycles. The summed E-state index contributed by atoms with van der Waals surface area (Å²) >= 11 is 4.12. The molecule has 2 heterocycles. The van der Waals surface area contributed by atoms with Crippen LogP contribution in [0.4, 0.5) is 0 Å². The van der Waals surface area contributed by atoms with Crippen molar-refractivity contribution in [2.45, 2.75) is 103 Å². The average Bonchev–Trinajstić information content (AvgIpc) is 3.26. The van der Waals surface area contributed by atoms with Crippen LogP contribution >= 0.6 is 23.5 Å². The number of rotatable bonds is 8. The fourth-order valence-electron chi connectivity index (χ4n) is 7.79. The van der Waals surface area contributed by atoms with Crippen molar-refractivity contribution in [2.75, 3.05) is 11.5 Å². The SMILES string of the molecule is CC1(C)CB(C2=C(CSc3ccccc3)C(B3CC(C)(C)C(C)(C)C3)=C(CSc3ccccc3)CC2)CC1(C)C. The molecule has 2 aliphatic heterocycles. The van der Waals surface area contributed by atoms with E-state index in [0.29, 0.717) is 28.4 Å². The second-order valence-corrected chi connectivity index (χ2v) is 17.6. The first kappa shape index (κ1) is 30.2. The molecule has 0 N–H and O–H groups in total. The van der Waals surface area contributed by atoms with Gasteiger partial charge in [0.05, 0.1) is 0 Å². The van der Waals surface area contributed by atoms with Crippen LogP contribution in [0.5, 0.6) is 0 Å².